The zero-order valence-electron chi connectivity index (χ0n) is 20.6. The Hall–Kier alpha value is -4.56. The molecule has 38 heavy (non-hydrogen) atoms. The molecule has 0 aliphatic rings. The number of thioether (sulfide) groups is 1. The first-order valence-corrected chi connectivity index (χ1v) is 12.7. The van der Waals surface area contributed by atoms with Gasteiger partial charge in [0.1, 0.15) is 11.0 Å². The van der Waals surface area contributed by atoms with Gasteiger partial charge in [-0.25, -0.2) is 4.79 Å². The first kappa shape index (κ1) is 26.5. The summed E-state index contributed by atoms with van der Waals surface area (Å²) >= 11 is 1.33. The molecule has 1 atom stereocenters. The highest BCUT2D eigenvalue weighted by Crippen LogP contribution is 2.37. The number of rotatable bonds is 10. The lowest BCUT2D eigenvalue weighted by Gasteiger charge is -2.19. The van der Waals surface area contributed by atoms with Crippen molar-refractivity contribution >= 4 is 40.9 Å². The molecule has 0 spiro atoms. The van der Waals surface area contributed by atoms with Gasteiger partial charge in [0.15, 0.2) is 6.61 Å². The molecule has 0 aromatic heterocycles. The van der Waals surface area contributed by atoms with Crippen LogP contribution in [0.1, 0.15) is 26.7 Å². The number of hydrogen-bond donors (Lipinski definition) is 3. The van der Waals surface area contributed by atoms with Crippen molar-refractivity contribution in [1.82, 2.24) is 0 Å². The molecule has 4 aromatic rings. The largest absolute Gasteiger partial charge is 0.484 e. The molecule has 2 amide bonds. The first-order chi connectivity index (χ1) is 18.4. The molecule has 1 unspecified atom stereocenters. The Morgan fingerprint density at radius 2 is 1.55 bits per heavy atom. The Labute approximate surface area is 224 Å². The summed E-state index contributed by atoms with van der Waals surface area (Å²) in [6.07, 6.45) is 0. The van der Waals surface area contributed by atoms with Crippen LogP contribution in [-0.2, 0) is 9.59 Å². The van der Waals surface area contributed by atoms with Crippen LogP contribution in [-0.4, -0.2) is 29.5 Å². The summed E-state index contributed by atoms with van der Waals surface area (Å²) in [6.45, 7) is 1.67. The van der Waals surface area contributed by atoms with E-state index in [1.54, 1.807) is 43.3 Å². The maximum Gasteiger partial charge on any atom is 0.335 e. The Balaban J connectivity index is 1.49. The highest BCUT2D eigenvalue weighted by atomic mass is 32.2. The maximum absolute atomic E-state index is 13.5. The minimum Gasteiger partial charge on any atom is -0.484 e. The Kier molecular flexibility index (Phi) is 8.79. The average molecular weight is 527 g/mol. The molecule has 7 nitrogen and oxygen atoms in total. The van der Waals surface area contributed by atoms with Crippen molar-refractivity contribution in [3.63, 3.8) is 0 Å². The lowest BCUT2D eigenvalue weighted by molar-refractivity contribution is -0.118. The number of aromatic carboxylic acids is 1. The second kappa shape index (κ2) is 12.6. The fourth-order valence-corrected chi connectivity index (χ4v) is 4.72. The molecular formula is C30H26N2O5S. The number of benzene rings is 4. The van der Waals surface area contributed by atoms with Gasteiger partial charge in [-0.05, 0) is 60.5 Å². The zero-order valence-corrected chi connectivity index (χ0v) is 21.4. The van der Waals surface area contributed by atoms with Crippen molar-refractivity contribution in [2.24, 2.45) is 0 Å². The minimum atomic E-state index is -1.07. The quantitative estimate of drug-likeness (QED) is 0.213. The molecule has 8 heteroatoms. The van der Waals surface area contributed by atoms with Gasteiger partial charge in [-0.15, -0.1) is 11.8 Å². The Morgan fingerprint density at radius 1 is 0.842 bits per heavy atom. The molecule has 3 N–H and O–H groups in total. The first-order valence-electron chi connectivity index (χ1n) is 11.8. The van der Waals surface area contributed by atoms with Crippen molar-refractivity contribution in [2.45, 2.75) is 17.1 Å². The number of aryl methyl sites for hydroxylation is 1. The average Bonchev–Trinajstić information content (AvgIpc) is 2.93. The van der Waals surface area contributed by atoms with Gasteiger partial charge in [-0.1, -0.05) is 60.7 Å². The number of anilines is 2. The van der Waals surface area contributed by atoms with Gasteiger partial charge < -0.3 is 20.5 Å². The molecule has 4 rings (SSSR count). The summed E-state index contributed by atoms with van der Waals surface area (Å²) < 4.78 is 5.51. The van der Waals surface area contributed by atoms with Crippen molar-refractivity contribution in [2.75, 3.05) is 17.2 Å². The third kappa shape index (κ3) is 7.24. The highest BCUT2D eigenvalue weighted by molar-refractivity contribution is 8.00. The fraction of sp³-hybridized carbons (Fsp3) is 0.100. The molecule has 4 aromatic carbocycles. The summed E-state index contributed by atoms with van der Waals surface area (Å²) in [5.41, 5.74) is 2.65. The molecule has 0 aliphatic heterocycles. The van der Waals surface area contributed by atoms with E-state index >= 15 is 0 Å². The van der Waals surface area contributed by atoms with Gasteiger partial charge in [0.25, 0.3) is 5.91 Å². The lowest BCUT2D eigenvalue weighted by atomic mass is 10.1. The standard InChI is InChI=1S/C30H26N2O5S/c1-20-15-16-22(30(35)36)17-26(20)32-29(34)28(21-9-4-2-5-10-21)38-25-14-8-11-23(18-25)31-27(33)19-37-24-12-6-3-7-13-24/h2-18,28H,19H2,1H3,(H,31,33)(H,32,34)(H,35,36). The van der Waals surface area contributed by atoms with Crippen LogP contribution >= 0.6 is 11.8 Å². The van der Waals surface area contributed by atoms with Crippen molar-refractivity contribution < 1.29 is 24.2 Å². The molecule has 0 fully saturated rings. The summed E-state index contributed by atoms with van der Waals surface area (Å²) in [5.74, 6) is -1.06. The monoisotopic (exact) mass is 526 g/mol. The van der Waals surface area contributed by atoms with Gasteiger partial charge in [0.05, 0.1) is 5.56 Å². The van der Waals surface area contributed by atoms with E-state index in [0.717, 1.165) is 16.0 Å². The predicted octanol–water partition coefficient (Wildman–Crippen LogP) is 6.18. The van der Waals surface area contributed by atoms with Gasteiger partial charge in [-0.2, -0.15) is 0 Å². The van der Waals surface area contributed by atoms with Crippen LogP contribution in [0.15, 0.2) is 108 Å². The van der Waals surface area contributed by atoms with Crippen molar-refractivity contribution in [3.05, 3.63) is 120 Å². The summed E-state index contributed by atoms with van der Waals surface area (Å²) in [4.78, 5) is 38.1. The maximum atomic E-state index is 13.5. The van der Waals surface area contributed by atoms with E-state index in [4.69, 9.17) is 4.74 Å². The Morgan fingerprint density at radius 3 is 2.26 bits per heavy atom. The normalized spacial score (nSPS) is 11.3. The molecule has 0 saturated carbocycles. The number of hydrogen-bond acceptors (Lipinski definition) is 5. The van der Waals surface area contributed by atoms with Crippen LogP contribution in [0.2, 0.25) is 0 Å². The molecule has 0 radical (unpaired) electrons. The molecule has 0 bridgehead atoms. The zero-order chi connectivity index (χ0) is 26.9. The van der Waals surface area contributed by atoms with Crippen LogP contribution in [0.3, 0.4) is 0 Å². The minimum absolute atomic E-state index is 0.0921. The number of ether oxygens (including phenoxy) is 1. The molecular weight excluding hydrogens is 500 g/mol. The van der Waals surface area contributed by atoms with Crippen molar-refractivity contribution in [3.8, 4) is 5.75 Å². The van der Waals surface area contributed by atoms with Gasteiger partial charge in [0.2, 0.25) is 5.91 Å². The Bertz CT molecular complexity index is 1430. The highest BCUT2D eigenvalue weighted by Gasteiger charge is 2.23. The van der Waals surface area contributed by atoms with E-state index in [9.17, 15) is 19.5 Å². The second-order valence-electron chi connectivity index (χ2n) is 8.41. The second-order valence-corrected chi connectivity index (χ2v) is 9.59. The number of nitrogens with one attached hydrogen (secondary N) is 2. The van der Waals surface area contributed by atoms with Gasteiger partial charge >= 0.3 is 5.97 Å². The van der Waals surface area contributed by atoms with E-state index in [1.165, 1.54) is 23.9 Å². The summed E-state index contributed by atoms with van der Waals surface area (Å²) in [7, 11) is 0. The molecule has 0 saturated heterocycles. The fourth-order valence-electron chi connectivity index (χ4n) is 3.63. The number of carbonyl (C=O) groups excluding carboxylic acids is 2. The smallest absolute Gasteiger partial charge is 0.335 e. The topological polar surface area (TPSA) is 105 Å². The molecule has 0 aliphatic carbocycles. The van der Waals surface area contributed by atoms with Crippen LogP contribution in [0, 0.1) is 6.92 Å². The number of carbonyl (C=O) groups is 3. The van der Waals surface area contributed by atoms with Crippen LogP contribution in [0.4, 0.5) is 11.4 Å². The molecule has 0 heterocycles. The number of carboxylic acids is 1. The number of amides is 2. The van der Waals surface area contributed by atoms with Gasteiger partial charge in [0, 0.05) is 16.3 Å². The van der Waals surface area contributed by atoms with Crippen LogP contribution in [0.25, 0.3) is 0 Å². The summed E-state index contributed by atoms with van der Waals surface area (Å²) in [5, 5.41) is 14.4. The van der Waals surface area contributed by atoms with E-state index in [0.29, 0.717) is 17.1 Å². The predicted molar refractivity (Wildman–Crippen MR) is 149 cm³/mol. The number of carboxylic acid groups (broad SMARTS) is 1. The van der Waals surface area contributed by atoms with Crippen LogP contribution < -0.4 is 15.4 Å². The number of para-hydroxylation sites is 1. The third-order valence-electron chi connectivity index (χ3n) is 5.57. The van der Waals surface area contributed by atoms with E-state index in [1.807, 2.05) is 54.6 Å². The van der Waals surface area contributed by atoms with Crippen LogP contribution in [0.5, 0.6) is 5.75 Å². The lowest BCUT2D eigenvalue weighted by Crippen LogP contribution is -2.20. The molecule has 192 valence electrons. The summed E-state index contributed by atoms with van der Waals surface area (Å²) in [6, 6.07) is 30.2. The van der Waals surface area contributed by atoms with E-state index in [2.05, 4.69) is 10.6 Å². The van der Waals surface area contributed by atoms with Crippen molar-refractivity contribution in [1.29, 1.82) is 0 Å². The van der Waals surface area contributed by atoms with E-state index < -0.39 is 11.2 Å². The SMILES string of the molecule is Cc1ccc(C(=O)O)cc1NC(=O)C(Sc1cccc(NC(=O)COc2ccccc2)c1)c1ccccc1. The van der Waals surface area contributed by atoms with E-state index in [-0.39, 0.29) is 24.0 Å². The van der Waals surface area contributed by atoms with Gasteiger partial charge in [-0.3, -0.25) is 9.59 Å². The third-order valence-corrected chi connectivity index (χ3v) is 6.82.